The Kier molecular flexibility index (Phi) is 2.83. The van der Waals surface area contributed by atoms with Gasteiger partial charge in [0.25, 0.3) is 0 Å². The molecular formula is C14H13NO2. The van der Waals surface area contributed by atoms with Gasteiger partial charge in [0.05, 0.1) is 12.0 Å². The number of benzene rings is 1. The molecule has 0 fully saturated rings. The predicted molar refractivity (Wildman–Crippen MR) is 63.4 cm³/mol. The van der Waals surface area contributed by atoms with Gasteiger partial charge in [0.15, 0.2) is 5.78 Å². The van der Waals surface area contributed by atoms with Gasteiger partial charge in [0.1, 0.15) is 5.60 Å². The molecule has 3 nitrogen and oxygen atoms in total. The van der Waals surface area contributed by atoms with Gasteiger partial charge >= 0.3 is 0 Å². The fraction of sp³-hybridized carbons (Fsp3) is 0.286. The molecule has 3 heteroatoms. The lowest BCUT2D eigenvalue weighted by atomic mass is 9.76. The molecule has 0 saturated carbocycles. The first-order chi connectivity index (χ1) is 8.15. The lowest BCUT2D eigenvalue weighted by molar-refractivity contribution is -0.000650. The zero-order valence-corrected chi connectivity index (χ0v) is 9.81. The maximum atomic E-state index is 11.8. The number of nitrogens with zero attached hydrogens (tertiary/aromatic N) is 1. The summed E-state index contributed by atoms with van der Waals surface area (Å²) in [6.07, 6.45) is 3.17. The average molecular weight is 227 g/mol. The molecule has 1 aliphatic carbocycles. The standard InChI is InChI=1S/C14H13NO2/c1-10(9-15)14(17-2)8-7-13(16)11-5-3-4-6-12(11)14/h3-8,10H,1-2H3/t10-,14-/m1/s1. The first-order valence-corrected chi connectivity index (χ1v) is 5.43. The Hall–Kier alpha value is -1.92. The minimum Gasteiger partial charge on any atom is -0.368 e. The van der Waals surface area contributed by atoms with Crippen molar-refractivity contribution < 1.29 is 9.53 Å². The maximum absolute atomic E-state index is 11.8. The molecule has 86 valence electrons. The third-order valence-corrected chi connectivity index (χ3v) is 3.27. The fourth-order valence-corrected chi connectivity index (χ4v) is 2.25. The van der Waals surface area contributed by atoms with Crippen LogP contribution in [0.1, 0.15) is 22.8 Å². The number of carbonyl (C=O) groups is 1. The highest BCUT2D eigenvalue weighted by atomic mass is 16.5. The highest BCUT2D eigenvalue weighted by molar-refractivity contribution is 6.07. The molecule has 0 heterocycles. The molecule has 0 aliphatic heterocycles. The van der Waals surface area contributed by atoms with E-state index in [4.69, 9.17) is 10.00 Å². The fourth-order valence-electron chi connectivity index (χ4n) is 2.25. The van der Waals surface area contributed by atoms with Crippen molar-refractivity contribution in [2.24, 2.45) is 5.92 Å². The number of hydrogen-bond acceptors (Lipinski definition) is 3. The number of ether oxygens (including phenoxy) is 1. The third kappa shape index (κ3) is 1.58. The molecule has 2 rings (SSSR count). The van der Waals surface area contributed by atoms with E-state index in [0.717, 1.165) is 5.56 Å². The minimum absolute atomic E-state index is 0.0431. The Balaban J connectivity index is 2.68. The van der Waals surface area contributed by atoms with Gasteiger partial charge in [0.2, 0.25) is 0 Å². The number of carbonyl (C=O) groups excluding carboxylic acids is 1. The van der Waals surface area contributed by atoms with Crippen LogP contribution < -0.4 is 0 Å². The SMILES string of the molecule is CO[C@@]1([C@H](C)C#N)C=CC(=O)c2ccccc21. The van der Waals surface area contributed by atoms with Crippen molar-refractivity contribution in [2.75, 3.05) is 7.11 Å². The normalized spacial score (nSPS) is 23.9. The van der Waals surface area contributed by atoms with Gasteiger partial charge in [0, 0.05) is 18.2 Å². The van der Waals surface area contributed by atoms with Gasteiger partial charge in [-0.2, -0.15) is 5.26 Å². The number of methoxy groups -OCH3 is 1. The van der Waals surface area contributed by atoms with Crippen LogP contribution >= 0.6 is 0 Å². The molecule has 1 aromatic carbocycles. The Labute approximate surface area is 100 Å². The van der Waals surface area contributed by atoms with Crippen molar-refractivity contribution in [3.8, 4) is 6.07 Å². The molecule has 0 saturated heterocycles. The van der Waals surface area contributed by atoms with Crippen LogP contribution in [0.15, 0.2) is 36.4 Å². The van der Waals surface area contributed by atoms with Crippen molar-refractivity contribution in [1.29, 1.82) is 5.26 Å². The molecule has 0 aromatic heterocycles. The van der Waals surface area contributed by atoms with Crippen molar-refractivity contribution in [2.45, 2.75) is 12.5 Å². The van der Waals surface area contributed by atoms with E-state index in [9.17, 15) is 4.79 Å². The van der Waals surface area contributed by atoms with Gasteiger partial charge in [-0.1, -0.05) is 24.3 Å². The van der Waals surface area contributed by atoms with Crippen LogP contribution in [0.3, 0.4) is 0 Å². The third-order valence-electron chi connectivity index (χ3n) is 3.27. The molecule has 0 amide bonds. The molecule has 0 N–H and O–H groups in total. The summed E-state index contributed by atoms with van der Waals surface area (Å²) in [4.78, 5) is 11.8. The summed E-state index contributed by atoms with van der Waals surface area (Å²) in [5, 5.41) is 9.13. The van der Waals surface area contributed by atoms with Crippen LogP contribution in [0.2, 0.25) is 0 Å². The van der Waals surface area contributed by atoms with Crippen LogP contribution in [0, 0.1) is 17.2 Å². The van der Waals surface area contributed by atoms with Crippen molar-refractivity contribution in [3.05, 3.63) is 47.5 Å². The Morgan fingerprint density at radius 2 is 2.12 bits per heavy atom. The highest BCUT2D eigenvalue weighted by Crippen LogP contribution is 2.39. The highest BCUT2D eigenvalue weighted by Gasteiger charge is 2.40. The number of fused-ring (bicyclic) bond motifs is 1. The van der Waals surface area contributed by atoms with E-state index in [2.05, 4.69) is 6.07 Å². The molecule has 1 aromatic rings. The lowest BCUT2D eigenvalue weighted by Gasteiger charge is -2.35. The first-order valence-electron chi connectivity index (χ1n) is 5.43. The van der Waals surface area contributed by atoms with E-state index in [1.165, 1.54) is 6.08 Å². The molecular weight excluding hydrogens is 214 g/mol. The molecule has 17 heavy (non-hydrogen) atoms. The second-order valence-corrected chi connectivity index (χ2v) is 4.09. The molecule has 2 atom stereocenters. The number of allylic oxidation sites excluding steroid dienone is 1. The van der Waals surface area contributed by atoms with Gasteiger partial charge < -0.3 is 4.74 Å². The van der Waals surface area contributed by atoms with Gasteiger partial charge in [-0.05, 0) is 19.1 Å². The molecule has 1 aliphatic rings. The van der Waals surface area contributed by atoms with Gasteiger partial charge in [-0.15, -0.1) is 0 Å². The predicted octanol–water partition coefficient (Wildman–Crippen LogP) is 2.44. The Morgan fingerprint density at radius 1 is 1.41 bits per heavy atom. The maximum Gasteiger partial charge on any atom is 0.186 e. The van der Waals surface area contributed by atoms with E-state index in [1.54, 1.807) is 26.2 Å². The lowest BCUT2D eigenvalue weighted by Crippen LogP contribution is -2.37. The number of hydrogen-bond donors (Lipinski definition) is 0. The summed E-state index contributed by atoms with van der Waals surface area (Å²) < 4.78 is 5.54. The summed E-state index contributed by atoms with van der Waals surface area (Å²) in [5.74, 6) is -0.406. The van der Waals surface area contributed by atoms with Crippen LogP contribution in [-0.4, -0.2) is 12.9 Å². The van der Waals surface area contributed by atoms with Crippen molar-refractivity contribution in [3.63, 3.8) is 0 Å². The Morgan fingerprint density at radius 3 is 2.76 bits per heavy atom. The quantitative estimate of drug-likeness (QED) is 0.779. The van der Waals surface area contributed by atoms with Crippen LogP contribution in [0.25, 0.3) is 0 Å². The van der Waals surface area contributed by atoms with E-state index in [1.807, 2.05) is 18.2 Å². The monoisotopic (exact) mass is 227 g/mol. The van der Waals surface area contributed by atoms with E-state index in [-0.39, 0.29) is 11.7 Å². The summed E-state index contributed by atoms with van der Waals surface area (Å²) in [6.45, 7) is 1.79. The molecule has 0 radical (unpaired) electrons. The summed E-state index contributed by atoms with van der Waals surface area (Å²) in [5.41, 5.74) is 0.558. The molecule has 0 bridgehead atoms. The average Bonchev–Trinajstić information content (AvgIpc) is 2.39. The van der Waals surface area contributed by atoms with Crippen LogP contribution in [-0.2, 0) is 10.3 Å². The summed E-state index contributed by atoms with van der Waals surface area (Å²) in [7, 11) is 1.56. The molecule has 0 unspecified atom stereocenters. The zero-order chi connectivity index (χ0) is 12.5. The number of ketones is 1. The zero-order valence-electron chi connectivity index (χ0n) is 9.81. The largest absolute Gasteiger partial charge is 0.368 e. The van der Waals surface area contributed by atoms with E-state index < -0.39 is 5.60 Å². The molecule has 0 spiro atoms. The second kappa shape index (κ2) is 4.15. The second-order valence-electron chi connectivity index (χ2n) is 4.09. The Bertz CT molecular complexity index is 527. The summed E-state index contributed by atoms with van der Waals surface area (Å²) >= 11 is 0. The van der Waals surface area contributed by atoms with Crippen molar-refractivity contribution in [1.82, 2.24) is 0 Å². The van der Waals surface area contributed by atoms with E-state index in [0.29, 0.717) is 5.56 Å². The summed E-state index contributed by atoms with van der Waals surface area (Å²) in [6, 6.07) is 9.46. The smallest absolute Gasteiger partial charge is 0.186 e. The van der Waals surface area contributed by atoms with Gasteiger partial charge in [-0.25, -0.2) is 0 Å². The van der Waals surface area contributed by atoms with Crippen LogP contribution in [0.5, 0.6) is 0 Å². The van der Waals surface area contributed by atoms with Gasteiger partial charge in [-0.3, -0.25) is 4.79 Å². The minimum atomic E-state index is -0.820. The van der Waals surface area contributed by atoms with Crippen LogP contribution in [0.4, 0.5) is 0 Å². The number of nitriles is 1. The topological polar surface area (TPSA) is 50.1 Å². The first kappa shape index (κ1) is 11.6. The van der Waals surface area contributed by atoms with Crippen molar-refractivity contribution >= 4 is 5.78 Å². The number of rotatable bonds is 2. The van der Waals surface area contributed by atoms with E-state index >= 15 is 0 Å².